The first kappa shape index (κ1) is 26.7. The summed E-state index contributed by atoms with van der Waals surface area (Å²) in [6.07, 6.45) is 4.12. The van der Waals surface area contributed by atoms with E-state index < -0.39 is 11.4 Å². The van der Waals surface area contributed by atoms with Crippen molar-refractivity contribution < 1.29 is 14.2 Å². The number of hydrogen-bond acceptors (Lipinski definition) is 6. The second kappa shape index (κ2) is 10.7. The van der Waals surface area contributed by atoms with Gasteiger partial charge in [0.2, 0.25) is 5.78 Å². The molecule has 0 bridgehead atoms. The van der Waals surface area contributed by atoms with E-state index in [0.717, 1.165) is 12.1 Å². The van der Waals surface area contributed by atoms with Crippen LogP contribution in [0, 0.1) is 17.1 Å². The Morgan fingerprint density at radius 3 is 2.69 bits per heavy atom. The quantitative estimate of drug-likeness (QED) is 0.340. The fraction of sp³-hybridized carbons (Fsp3) is 0.400. The van der Waals surface area contributed by atoms with Crippen molar-refractivity contribution in [2.45, 2.75) is 70.6 Å². The molecule has 39 heavy (non-hydrogen) atoms. The first-order valence-electron chi connectivity index (χ1n) is 13.3. The molecule has 2 aromatic heterocycles. The van der Waals surface area contributed by atoms with Crippen LogP contribution in [0.3, 0.4) is 0 Å². The zero-order valence-electron chi connectivity index (χ0n) is 22.4. The van der Waals surface area contributed by atoms with Crippen LogP contribution in [0.2, 0.25) is 0 Å². The highest BCUT2D eigenvalue weighted by Crippen LogP contribution is 2.35. The minimum atomic E-state index is -0.923. The van der Waals surface area contributed by atoms with E-state index >= 15 is 4.39 Å². The van der Waals surface area contributed by atoms with Gasteiger partial charge in [0, 0.05) is 18.0 Å². The molecule has 2 aromatic carbocycles. The minimum Gasteiger partial charge on any atom is -0.388 e. The van der Waals surface area contributed by atoms with Crippen LogP contribution in [0.15, 0.2) is 53.6 Å². The lowest BCUT2D eigenvalue weighted by Gasteiger charge is -2.37. The Bertz CT molecular complexity index is 1610. The summed E-state index contributed by atoms with van der Waals surface area (Å²) in [6, 6.07) is 14.0. The summed E-state index contributed by atoms with van der Waals surface area (Å²) < 4.78 is 24.7. The lowest BCUT2D eigenvalue weighted by molar-refractivity contribution is -0.0894. The van der Waals surface area contributed by atoms with Crippen molar-refractivity contribution >= 4 is 5.78 Å². The lowest BCUT2D eigenvalue weighted by Crippen LogP contribution is -2.42. The fourth-order valence-corrected chi connectivity index (χ4v) is 5.17. The van der Waals surface area contributed by atoms with Gasteiger partial charge in [-0.25, -0.2) is 8.91 Å². The molecule has 9 heteroatoms. The summed E-state index contributed by atoms with van der Waals surface area (Å²) in [5, 5.41) is 23.8. The zero-order valence-corrected chi connectivity index (χ0v) is 22.4. The molecule has 0 aliphatic heterocycles. The first-order valence-corrected chi connectivity index (χ1v) is 13.3. The minimum absolute atomic E-state index is 0.0589. The molecule has 1 N–H and O–H groups in total. The molecule has 0 unspecified atom stereocenters. The summed E-state index contributed by atoms with van der Waals surface area (Å²) in [5.74, 6) is 0.0399. The third-order valence-corrected chi connectivity index (χ3v) is 7.20. The molecule has 1 saturated carbocycles. The average molecular weight is 530 g/mol. The molecule has 1 fully saturated rings. The van der Waals surface area contributed by atoms with Crippen molar-refractivity contribution in [2.75, 3.05) is 6.61 Å². The van der Waals surface area contributed by atoms with Crippen molar-refractivity contribution in [3.8, 4) is 17.2 Å². The lowest BCUT2D eigenvalue weighted by atomic mass is 9.88. The van der Waals surface area contributed by atoms with Crippen LogP contribution in [0.25, 0.3) is 16.9 Å². The summed E-state index contributed by atoms with van der Waals surface area (Å²) in [7, 11) is 0. The van der Waals surface area contributed by atoms with Crippen molar-refractivity contribution in [3.63, 3.8) is 0 Å². The molecule has 1 aliphatic carbocycles. The van der Waals surface area contributed by atoms with Gasteiger partial charge < -0.3 is 9.84 Å². The average Bonchev–Trinajstić information content (AvgIpc) is 3.36. The Morgan fingerprint density at radius 2 is 2.00 bits per heavy atom. The number of aliphatic hydroxyl groups is 1. The van der Waals surface area contributed by atoms with E-state index in [4.69, 9.17) is 4.74 Å². The highest BCUT2D eigenvalue weighted by atomic mass is 19.1. The normalized spacial score (nSPS) is 17.2. The van der Waals surface area contributed by atoms with Crippen LogP contribution < -0.4 is 5.56 Å². The van der Waals surface area contributed by atoms with Crippen LogP contribution in [0.1, 0.15) is 68.5 Å². The molecule has 0 radical (unpaired) electrons. The number of hydrogen-bond donors (Lipinski definition) is 1. The Balaban J connectivity index is 1.50. The molecule has 202 valence electrons. The monoisotopic (exact) mass is 529 g/mol. The first-order chi connectivity index (χ1) is 18.7. The van der Waals surface area contributed by atoms with Gasteiger partial charge in [0.15, 0.2) is 0 Å². The number of halogens is 1. The van der Waals surface area contributed by atoms with Gasteiger partial charge in [-0.2, -0.15) is 15.3 Å². The molecule has 0 saturated heterocycles. The molecule has 0 spiro atoms. The van der Waals surface area contributed by atoms with Crippen molar-refractivity contribution in [1.82, 2.24) is 19.2 Å². The summed E-state index contributed by atoms with van der Waals surface area (Å²) in [6.45, 7) is 5.63. The highest BCUT2D eigenvalue weighted by Gasteiger charge is 2.35. The Hall–Kier alpha value is -3.87. The predicted octanol–water partition coefficient (Wildman–Crippen LogP) is 4.60. The zero-order chi connectivity index (χ0) is 27.7. The molecule has 8 nitrogen and oxygen atoms in total. The van der Waals surface area contributed by atoms with E-state index in [1.54, 1.807) is 53.3 Å². The van der Waals surface area contributed by atoms with Crippen molar-refractivity contribution in [2.24, 2.45) is 0 Å². The van der Waals surface area contributed by atoms with Crippen LogP contribution in [0.4, 0.5) is 4.39 Å². The topological polar surface area (TPSA) is 105 Å². The Morgan fingerprint density at radius 1 is 1.23 bits per heavy atom. The smallest absolute Gasteiger partial charge is 0.259 e. The highest BCUT2D eigenvalue weighted by molar-refractivity contribution is 5.70. The second-order valence-corrected chi connectivity index (χ2v) is 10.8. The van der Waals surface area contributed by atoms with Gasteiger partial charge in [0.1, 0.15) is 12.1 Å². The molecule has 0 atom stereocenters. The number of ether oxygens (including phenoxy) is 1. The van der Waals surface area contributed by atoms with Gasteiger partial charge in [-0.15, -0.1) is 0 Å². The van der Waals surface area contributed by atoms with E-state index in [2.05, 4.69) is 16.2 Å². The van der Waals surface area contributed by atoms with Crippen LogP contribution in [-0.4, -0.2) is 42.6 Å². The standard InChI is InChI=1S/C30H32FN5O3/c1-4-7-27-25(12-20-11-10-19(13-26(20)31)24-9-6-5-8-21(24)16-32)28(37)35(29-33-18-34-36(27)29)22-14-23(15-22)39-17-30(2,3)38/h5-6,8-11,13,18,22-23,38H,4,7,12,14-15,17H2,1-3H3/t22-,23-. The maximum absolute atomic E-state index is 15.5. The fourth-order valence-electron chi connectivity index (χ4n) is 5.17. The number of aryl methyl sites for hydroxylation is 1. The largest absolute Gasteiger partial charge is 0.388 e. The van der Waals surface area contributed by atoms with Gasteiger partial charge in [0.25, 0.3) is 5.56 Å². The summed E-state index contributed by atoms with van der Waals surface area (Å²) >= 11 is 0. The SMILES string of the molecule is CCCc1c(Cc2ccc(-c3ccccc3C#N)cc2F)c(=O)n([C@H]2C[C@H](OCC(C)(C)O)C2)c2ncnn12. The predicted molar refractivity (Wildman–Crippen MR) is 145 cm³/mol. The Kier molecular flexibility index (Phi) is 7.34. The number of aromatic nitrogens is 4. The van der Waals surface area contributed by atoms with Crippen molar-refractivity contribution in [3.05, 3.63) is 87.3 Å². The summed E-state index contributed by atoms with van der Waals surface area (Å²) in [5.41, 5.74) is 2.26. The number of benzene rings is 2. The third kappa shape index (κ3) is 5.35. The molecule has 0 amide bonds. The van der Waals surface area contributed by atoms with Crippen LogP contribution in [-0.2, 0) is 17.6 Å². The molecule has 4 aromatic rings. The Labute approximate surface area is 226 Å². The van der Waals surface area contributed by atoms with Crippen LogP contribution >= 0.6 is 0 Å². The van der Waals surface area contributed by atoms with Gasteiger partial charge in [-0.1, -0.05) is 43.7 Å². The van der Waals surface area contributed by atoms with E-state index in [9.17, 15) is 15.2 Å². The molecular formula is C30H32FN5O3. The van der Waals surface area contributed by atoms with E-state index in [-0.39, 0.29) is 30.7 Å². The van der Waals surface area contributed by atoms with Gasteiger partial charge in [0.05, 0.1) is 35.6 Å². The number of nitriles is 1. The summed E-state index contributed by atoms with van der Waals surface area (Å²) in [4.78, 5) is 18.4. The molecule has 5 rings (SSSR count). The second-order valence-electron chi connectivity index (χ2n) is 10.8. The molecular weight excluding hydrogens is 497 g/mol. The molecule has 2 heterocycles. The van der Waals surface area contributed by atoms with Crippen molar-refractivity contribution in [1.29, 1.82) is 5.26 Å². The number of rotatable bonds is 9. The maximum Gasteiger partial charge on any atom is 0.259 e. The third-order valence-electron chi connectivity index (χ3n) is 7.20. The van der Waals surface area contributed by atoms with Crippen LogP contribution in [0.5, 0.6) is 0 Å². The van der Waals surface area contributed by atoms with E-state index in [1.807, 2.05) is 13.0 Å². The molecule has 1 aliphatic rings. The van der Waals surface area contributed by atoms with Gasteiger partial charge in [-0.3, -0.25) is 9.36 Å². The van der Waals surface area contributed by atoms with E-state index in [0.29, 0.717) is 52.9 Å². The van der Waals surface area contributed by atoms with E-state index in [1.165, 1.54) is 12.4 Å². The number of fused-ring (bicyclic) bond motifs is 1. The number of nitrogens with zero attached hydrogens (tertiary/aromatic N) is 5. The van der Waals surface area contributed by atoms with Gasteiger partial charge in [-0.05, 0) is 61.9 Å². The maximum atomic E-state index is 15.5. The van der Waals surface area contributed by atoms with Gasteiger partial charge >= 0.3 is 0 Å².